The SMILES string of the molecule is NC1CCCCc2c(Br)cccc21. The summed E-state index contributed by atoms with van der Waals surface area (Å²) >= 11 is 3.59. The first-order chi connectivity index (χ1) is 6.29. The second-order valence-electron chi connectivity index (χ2n) is 3.66. The lowest BCUT2D eigenvalue weighted by Crippen LogP contribution is -2.10. The van der Waals surface area contributed by atoms with Crippen molar-refractivity contribution >= 4 is 15.9 Å². The lowest BCUT2D eigenvalue weighted by Gasteiger charge is -2.13. The second kappa shape index (κ2) is 3.81. The van der Waals surface area contributed by atoms with Crippen LogP contribution in [0.1, 0.15) is 36.4 Å². The molecule has 1 aromatic rings. The Kier molecular flexibility index (Phi) is 2.70. The zero-order valence-electron chi connectivity index (χ0n) is 7.59. The maximum atomic E-state index is 6.09. The van der Waals surface area contributed by atoms with E-state index in [1.165, 1.54) is 34.9 Å². The van der Waals surface area contributed by atoms with Gasteiger partial charge in [0.25, 0.3) is 0 Å². The minimum absolute atomic E-state index is 0.245. The van der Waals surface area contributed by atoms with Crippen molar-refractivity contribution in [2.45, 2.75) is 31.7 Å². The van der Waals surface area contributed by atoms with Crippen LogP contribution in [0.25, 0.3) is 0 Å². The van der Waals surface area contributed by atoms with Gasteiger partial charge in [-0.25, -0.2) is 0 Å². The molecule has 1 nitrogen and oxygen atoms in total. The fraction of sp³-hybridized carbons (Fsp3) is 0.455. The molecule has 70 valence electrons. The zero-order chi connectivity index (χ0) is 9.26. The molecule has 0 saturated heterocycles. The topological polar surface area (TPSA) is 26.0 Å². The Hall–Kier alpha value is -0.340. The molecule has 2 heteroatoms. The van der Waals surface area contributed by atoms with E-state index in [-0.39, 0.29) is 6.04 Å². The number of benzene rings is 1. The number of hydrogen-bond acceptors (Lipinski definition) is 1. The summed E-state index contributed by atoms with van der Waals surface area (Å²) in [6.07, 6.45) is 4.82. The molecule has 0 heterocycles. The third kappa shape index (κ3) is 1.79. The Morgan fingerprint density at radius 1 is 1.31 bits per heavy atom. The molecule has 0 bridgehead atoms. The summed E-state index contributed by atoms with van der Waals surface area (Å²) < 4.78 is 1.22. The molecule has 1 aliphatic carbocycles. The standard InChI is InChI=1S/C11H14BrN/c12-10-6-3-5-9-8(10)4-1-2-7-11(9)13/h3,5-6,11H,1-2,4,7,13H2. The average molecular weight is 240 g/mol. The highest BCUT2D eigenvalue weighted by molar-refractivity contribution is 9.10. The van der Waals surface area contributed by atoms with Gasteiger partial charge in [0.2, 0.25) is 0 Å². The molecular weight excluding hydrogens is 226 g/mol. The molecule has 0 aliphatic heterocycles. The van der Waals surface area contributed by atoms with E-state index in [9.17, 15) is 0 Å². The molecule has 1 unspecified atom stereocenters. The summed E-state index contributed by atoms with van der Waals surface area (Å²) in [6.45, 7) is 0. The van der Waals surface area contributed by atoms with E-state index in [4.69, 9.17) is 5.73 Å². The van der Waals surface area contributed by atoms with Gasteiger partial charge in [0.05, 0.1) is 0 Å². The fourth-order valence-electron chi connectivity index (χ4n) is 2.01. The summed E-state index contributed by atoms with van der Waals surface area (Å²) in [7, 11) is 0. The zero-order valence-corrected chi connectivity index (χ0v) is 9.18. The molecule has 0 spiro atoms. The lowest BCUT2D eigenvalue weighted by atomic mass is 10.00. The van der Waals surface area contributed by atoms with Gasteiger partial charge in [-0.15, -0.1) is 0 Å². The number of halogens is 1. The van der Waals surface area contributed by atoms with Crippen molar-refractivity contribution in [3.8, 4) is 0 Å². The Bertz CT molecular complexity index is 309. The lowest BCUT2D eigenvalue weighted by molar-refractivity contribution is 0.615. The predicted molar refractivity (Wildman–Crippen MR) is 58.6 cm³/mol. The van der Waals surface area contributed by atoms with Gasteiger partial charge in [-0.1, -0.05) is 34.5 Å². The van der Waals surface area contributed by atoms with Crippen molar-refractivity contribution in [1.29, 1.82) is 0 Å². The van der Waals surface area contributed by atoms with Crippen molar-refractivity contribution in [3.63, 3.8) is 0 Å². The van der Waals surface area contributed by atoms with Crippen molar-refractivity contribution in [1.82, 2.24) is 0 Å². The van der Waals surface area contributed by atoms with E-state index >= 15 is 0 Å². The fourth-order valence-corrected chi connectivity index (χ4v) is 2.59. The van der Waals surface area contributed by atoms with E-state index in [2.05, 4.69) is 34.1 Å². The molecule has 0 aromatic heterocycles. The number of rotatable bonds is 0. The maximum Gasteiger partial charge on any atom is 0.0297 e. The molecule has 0 saturated carbocycles. The summed E-state index contributed by atoms with van der Waals surface area (Å²) in [4.78, 5) is 0. The van der Waals surface area contributed by atoms with E-state index in [1.54, 1.807) is 0 Å². The smallest absolute Gasteiger partial charge is 0.0297 e. The van der Waals surface area contributed by atoms with Gasteiger partial charge in [0.1, 0.15) is 0 Å². The monoisotopic (exact) mass is 239 g/mol. The summed E-state index contributed by atoms with van der Waals surface area (Å²) in [5.41, 5.74) is 8.86. The van der Waals surface area contributed by atoms with Gasteiger partial charge in [-0.2, -0.15) is 0 Å². The molecule has 0 amide bonds. The summed E-state index contributed by atoms with van der Waals surface area (Å²) in [5.74, 6) is 0. The van der Waals surface area contributed by atoms with Gasteiger partial charge >= 0.3 is 0 Å². The minimum Gasteiger partial charge on any atom is -0.324 e. The third-order valence-corrected chi connectivity index (χ3v) is 3.49. The summed E-state index contributed by atoms with van der Waals surface area (Å²) in [6, 6.07) is 6.59. The molecule has 1 aliphatic rings. The van der Waals surface area contributed by atoms with E-state index in [0.29, 0.717) is 0 Å². The van der Waals surface area contributed by atoms with Crippen LogP contribution in [0, 0.1) is 0 Å². The van der Waals surface area contributed by atoms with E-state index in [0.717, 1.165) is 6.42 Å². The van der Waals surface area contributed by atoms with Crippen LogP contribution >= 0.6 is 15.9 Å². The quantitative estimate of drug-likeness (QED) is 0.692. The predicted octanol–water partition coefficient (Wildman–Crippen LogP) is 3.18. The van der Waals surface area contributed by atoms with Crippen LogP contribution < -0.4 is 5.73 Å². The van der Waals surface area contributed by atoms with Crippen LogP contribution in [-0.4, -0.2) is 0 Å². The molecular formula is C11H14BrN. The minimum atomic E-state index is 0.245. The number of hydrogen-bond donors (Lipinski definition) is 1. The first kappa shape index (κ1) is 9.22. The van der Waals surface area contributed by atoms with E-state index < -0.39 is 0 Å². The molecule has 0 fully saturated rings. The molecule has 1 atom stereocenters. The normalized spacial score (nSPS) is 22.2. The van der Waals surface area contributed by atoms with Crippen molar-refractivity contribution in [2.24, 2.45) is 5.73 Å². The Morgan fingerprint density at radius 2 is 2.15 bits per heavy atom. The van der Waals surface area contributed by atoms with Gasteiger partial charge in [0.15, 0.2) is 0 Å². The molecule has 1 aromatic carbocycles. The summed E-state index contributed by atoms with van der Waals surface area (Å²) in [5, 5.41) is 0. The number of nitrogens with two attached hydrogens (primary N) is 1. The maximum absolute atomic E-state index is 6.09. The van der Waals surface area contributed by atoms with Gasteiger partial charge in [-0.3, -0.25) is 0 Å². The van der Waals surface area contributed by atoms with Gasteiger partial charge < -0.3 is 5.73 Å². The molecule has 13 heavy (non-hydrogen) atoms. The second-order valence-corrected chi connectivity index (χ2v) is 4.51. The van der Waals surface area contributed by atoms with Gasteiger partial charge in [-0.05, 0) is 36.5 Å². The molecule has 0 radical (unpaired) electrons. The highest BCUT2D eigenvalue weighted by atomic mass is 79.9. The number of fused-ring (bicyclic) bond motifs is 1. The first-order valence-corrected chi connectivity index (χ1v) is 5.61. The van der Waals surface area contributed by atoms with E-state index in [1.807, 2.05) is 0 Å². The third-order valence-electron chi connectivity index (χ3n) is 2.75. The highest BCUT2D eigenvalue weighted by Crippen LogP contribution is 2.31. The van der Waals surface area contributed by atoms with Crippen molar-refractivity contribution in [2.75, 3.05) is 0 Å². The van der Waals surface area contributed by atoms with Crippen LogP contribution in [0.3, 0.4) is 0 Å². The first-order valence-electron chi connectivity index (χ1n) is 4.82. The van der Waals surface area contributed by atoms with Gasteiger partial charge in [0, 0.05) is 10.5 Å². The largest absolute Gasteiger partial charge is 0.324 e. The average Bonchev–Trinajstić information content (AvgIpc) is 2.30. The van der Waals surface area contributed by atoms with Crippen molar-refractivity contribution < 1.29 is 0 Å². The Morgan fingerprint density at radius 3 is 3.00 bits per heavy atom. The van der Waals surface area contributed by atoms with Crippen LogP contribution in [0.4, 0.5) is 0 Å². The van der Waals surface area contributed by atoms with Crippen LogP contribution in [-0.2, 0) is 6.42 Å². The highest BCUT2D eigenvalue weighted by Gasteiger charge is 2.16. The molecule has 2 N–H and O–H groups in total. The van der Waals surface area contributed by atoms with Crippen LogP contribution in [0.15, 0.2) is 22.7 Å². The molecule has 2 rings (SSSR count). The Labute approximate surface area is 87.5 Å². The van der Waals surface area contributed by atoms with Crippen molar-refractivity contribution in [3.05, 3.63) is 33.8 Å². The van der Waals surface area contributed by atoms with Crippen LogP contribution in [0.5, 0.6) is 0 Å². The van der Waals surface area contributed by atoms with Crippen LogP contribution in [0.2, 0.25) is 0 Å². The Balaban J connectivity index is 2.47.